The number of nitrogens with zero attached hydrogens (tertiary/aromatic N) is 3. The van der Waals surface area contributed by atoms with E-state index >= 15 is 0 Å². The Balaban J connectivity index is 1.47. The van der Waals surface area contributed by atoms with Crippen LogP contribution < -0.4 is 5.32 Å². The lowest BCUT2D eigenvalue weighted by Gasteiger charge is -2.25. The summed E-state index contributed by atoms with van der Waals surface area (Å²) in [7, 11) is -3.70. The van der Waals surface area contributed by atoms with Crippen LogP contribution in [0.25, 0.3) is 11.0 Å². The van der Waals surface area contributed by atoms with E-state index in [0.29, 0.717) is 16.9 Å². The van der Waals surface area contributed by atoms with Gasteiger partial charge in [-0.05, 0) is 44.5 Å². The second-order valence-electron chi connectivity index (χ2n) is 9.45. The zero-order chi connectivity index (χ0) is 26.7. The molecule has 14 heteroatoms. The second-order valence-corrected chi connectivity index (χ2v) is 11.4. The van der Waals surface area contributed by atoms with Crippen LogP contribution in [-0.2, 0) is 28.5 Å². The Kier molecular flexibility index (Phi) is 6.66. The highest BCUT2D eigenvalue weighted by Gasteiger charge is 2.56. The fraction of sp³-hybridized carbons (Fsp3) is 0.478. The van der Waals surface area contributed by atoms with Crippen LogP contribution in [-0.4, -0.2) is 59.9 Å². The fourth-order valence-corrected chi connectivity index (χ4v) is 5.21. The van der Waals surface area contributed by atoms with Crippen molar-refractivity contribution in [3.8, 4) is 0 Å². The molecule has 1 unspecified atom stereocenters. The van der Waals surface area contributed by atoms with E-state index < -0.39 is 58.1 Å². The molecule has 1 N–H and O–H groups in total. The first-order chi connectivity index (χ1) is 17.3. The molecule has 2 aliphatic rings. The fourth-order valence-electron chi connectivity index (χ4n) is 4.67. The van der Waals surface area contributed by atoms with Crippen molar-refractivity contribution in [1.29, 1.82) is 0 Å². The summed E-state index contributed by atoms with van der Waals surface area (Å²) in [6, 6.07) is 4.52. The van der Waals surface area contributed by atoms with Gasteiger partial charge in [-0.1, -0.05) is 6.07 Å². The van der Waals surface area contributed by atoms with E-state index in [2.05, 4.69) is 15.3 Å². The third kappa shape index (κ3) is 5.29. The van der Waals surface area contributed by atoms with Crippen LogP contribution in [0, 0.1) is 11.6 Å². The summed E-state index contributed by atoms with van der Waals surface area (Å²) < 4.78 is 75.7. The number of hydrogen-bond donors (Lipinski definition) is 1. The molecule has 0 bridgehead atoms. The topological polar surface area (TPSA) is 114 Å². The number of hydrogen-bond acceptors (Lipinski definition) is 9. The molecule has 5 rings (SSSR count). The maximum Gasteiger partial charge on any atom is 0.264 e. The number of fused-ring (bicyclic) bond motifs is 2. The minimum Gasteiger partial charge on any atom is -0.363 e. The largest absolute Gasteiger partial charge is 0.363 e. The van der Waals surface area contributed by atoms with E-state index in [1.807, 2.05) is 0 Å². The monoisotopic (exact) mass is 558 g/mol. The summed E-state index contributed by atoms with van der Waals surface area (Å²) in [6.07, 6.45) is -0.0195. The summed E-state index contributed by atoms with van der Waals surface area (Å²) in [5.41, 5.74) is 0.647. The van der Waals surface area contributed by atoms with Gasteiger partial charge >= 0.3 is 0 Å². The normalized spacial score (nSPS) is 25.9. The molecule has 10 nitrogen and oxygen atoms in total. The number of aromatic nitrogens is 3. The van der Waals surface area contributed by atoms with E-state index in [9.17, 15) is 17.2 Å². The van der Waals surface area contributed by atoms with Gasteiger partial charge in [-0.15, -0.1) is 0 Å². The summed E-state index contributed by atoms with van der Waals surface area (Å²) in [6.45, 7) is 4.96. The standard InChI is InChI=1S/C23H25ClF2N4O6S/c1-11(13-6-5-12(25)9-15(13)26)27-19-14-7-8-30(20(14)29-22(24)28-19)21-18-17(35-23(2,3)36-18)16(34-21)10-33-37(4,31)32/h5-9,11,16-18,21H,10H2,1-4H3,(H,27,28,29)/t11?,16-,17-,18-,21-/m1/s1. The van der Waals surface area contributed by atoms with Crippen LogP contribution in [0.15, 0.2) is 30.5 Å². The zero-order valence-corrected chi connectivity index (χ0v) is 21.9. The van der Waals surface area contributed by atoms with Crippen LogP contribution in [0.1, 0.15) is 38.6 Å². The maximum atomic E-state index is 14.3. The molecular weight excluding hydrogens is 534 g/mol. The average molecular weight is 559 g/mol. The third-order valence-electron chi connectivity index (χ3n) is 6.17. The van der Waals surface area contributed by atoms with Crippen LogP contribution in [0.2, 0.25) is 5.28 Å². The maximum absolute atomic E-state index is 14.3. The summed E-state index contributed by atoms with van der Waals surface area (Å²) in [5.74, 6) is -1.96. The van der Waals surface area contributed by atoms with Crippen molar-refractivity contribution < 1.29 is 35.6 Å². The lowest BCUT2D eigenvalue weighted by Crippen LogP contribution is -2.33. The van der Waals surface area contributed by atoms with Crippen molar-refractivity contribution in [2.24, 2.45) is 0 Å². The molecule has 2 aromatic heterocycles. The van der Waals surface area contributed by atoms with Gasteiger partial charge in [-0.3, -0.25) is 4.18 Å². The minimum atomic E-state index is -3.70. The van der Waals surface area contributed by atoms with E-state index in [1.165, 1.54) is 12.1 Å². The van der Waals surface area contributed by atoms with Crippen LogP contribution in [0.4, 0.5) is 14.6 Å². The Morgan fingerprint density at radius 3 is 2.65 bits per heavy atom. The van der Waals surface area contributed by atoms with Gasteiger partial charge in [-0.2, -0.15) is 13.4 Å². The molecule has 2 fully saturated rings. The van der Waals surface area contributed by atoms with Crippen LogP contribution in [0.3, 0.4) is 0 Å². The third-order valence-corrected chi connectivity index (χ3v) is 6.91. The van der Waals surface area contributed by atoms with Gasteiger partial charge in [-0.25, -0.2) is 13.8 Å². The van der Waals surface area contributed by atoms with Crippen molar-refractivity contribution >= 4 is 38.6 Å². The van der Waals surface area contributed by atoms with E-state index in [-0.39, 0.29) is 17.5 Å². The van der Waals surface area contributed by atoms with Crippen molar-refractivity contribution in [2.75, 3.05) is 18.2 Å². The average Bonchev–Trinajstić information content (AvgIpc) is 3.42. The molecule has 2 aliphatic heterocycles. The zero-order valence-electron chi connectivity index (χ0n) is 20.3. The molecule has 0 aliphatic carbocycles. The molecule has 200 valence electrons. The number of ether oxygens (including phenoxy) is 3. The Morgan fingerprint density at radius 1 is 1.22 bits per heavy atom. The first-order valence-electron chi connectivity index (χ1n) is 11.4. The molecule has 0 spiro atoms. The summed E-state index contributed by atoms with van der Waals surface area (Å²) in [4.78, 5) is 8.63. The minimum absolute atomic E-state index is 0.0721. The molecule has 3 aromatic rings. The van der Waals surface area contributed by atoms with Gasteiger partial charge in [0.25, 0.3) is 10.1 Å². The SMILES string of the molecule is CC(Nc1nc(Cl)nc2c1ccn2[C@@H]1O[C@H](COS(C)(=O)=O)[C@H]2OC(C)(C)O[C@H]21)c1ccc(F)cc1F. The van der Waals surface area contributed by atoms with Gasteiger partial charge in [0.05, 0.1) is 24.3 Å². The van der Waals surface area contributed by atoms with Crippen LogP contribution in [0.5, 0.6) is 0 Å². The highest BCUT2D eigenvalue weighted by molar-refractivity contribution is 7.85. The molecule has 4 heterocycles. The smallest absolute Gasteiger partial charge is 0.264 e. The van der Waals surface area contributed by atoms with Crippen LogP contribution >= 0.6 is 11.6 Å². The predicted molar refractivity (Wildman–Crippen MR) is 129 cm³/mol. The number of nitrogens with one attached hydrogen (secondary N) is 1. The van der Waals surface area contributed by atoms with Gasteiger partial charge in [0.2, 0.25) is 5.28 Å². The lowest BCUT2D eigenvalue weighted by molar-refractivity contribution is -0.198. The summed E-state index contributed by atoms with van der Waals surface area (Å²) in [5, 5.41) is 3.61. The number of rotatable bonds is 7. The summed E-state index contributed by atoms with van der Waals surface area (Å²) >= 11 is 6.24. The molecule has 1 aromatic carbocycles. The number of anilines is 1. The van der Waals surface area contributed by atoms with E-state index in [1.54, 1.807) is 37.6 Å². The van der Waals surface area contributed by atoms with Crippen molar-refractivity contribution in [1.82, 2.24) is 14.5 Å². The molecular formula is C23H25ClF2N4O6S. The Hall–Kier alpha value is -2.42. The highest BCUT2D eigenvalue weighted by atomic mass is 35.5. The molecule has 0 radical (unpaired) electrons. The van der Waals surface area contributed by atoms with Gasteiger partial charge in [0, 0.05) is 17.8 Å². The van der Waals surface area contributed by atoms with Gasteiger partial charge in [0.1, 0.15) is 41.4 Å². The lowest BCUT2D eigenvalue weighted by atomic mass is 10.1. The van der Waals surface area contributed by atoms with Gasteiger partial charge < -0.3 is 24.1 Å². The Bertz CT molecular complexity index is 1450. The number of halogens is 3. The van der Waals surface area contributed by atoms with Gasteiger partial charge in [0.15, 0.2) is 12.0 Å². The predicted octanol–water partition coefficient (Wildman–Crippen LogP) is 3.93. The van der Waals surface area contributed by atoms with E-state index in [4.69, 9.17) is 30.0 Å². The molecule has 37 heavy (non-hydrogen) atoms. The van der Waals surface area contributed by atoms with Crippen molar-refractivity contribution in [2.45, 2.75) is 57.1 Å². The quantitative estimate of drug-likeness (QED) is 0.340. The molecule has 0 saturated carbocycles. The molecule has 5 atom stereocenters. The molecule has 0 amide bonds. The number of benzene rings is 1. The second kappa shape index (κ2) is 9.40. The van der Waals surface area contributed by atoms with Crippen molar-refractivity contribution in [3.05, 3.63) is 52.9 Å². The first kappa shape index (κ1) is 26.2. The highest BCUT2D eigenvalue weighted by Crippen LogP contribution is 2.44. The van der Waals surface area contributed by atoms with Crippen molar-refractivity contribution in [3.63, 3.8) is 0 Å². The Labute approximate surface area is 217 Å². The first-order valence-corrected chi connectivity index (χ1v) is 13.6. The van der Waals surface area contributed by atoms with E-state index in [0.717, 1.165) is 12.3 Å². The molecule has 2 saturated heterocycles. The Morgan fingerprint density at radius 2 is 1.95 bits per heavy atom.